The van der Waals surface area contributed by atoms with Crippen molar-refractivity contribution in [3.8, 4) is 0 Å². The number of rotatable bonds is 1. The minimum atomic E-state index is -4.11. The Balaban J connectivity index is -0.0000000417. The molecule has 0 bridgehead atoms. The third-order valence-corrected chi connectivity index (χ3v) is 0.489. The van der Waals surface area contributed by atoms with Gasteiger partial charge in [0.15, 0.2) is 5.94 Å². The van der Waals surface area contributed by atoms with Crippen LogP contribution in [-0.2, 0) is 10.1 Å². The molecule has 0 saturated heterocycles. The van der Waals surface area contributed by atoms with Crippen LogP contribution < -0.4 is 29.6 Å². The molecule has 0 atom stereocenters. The van der Waals surface area contributed by atoms with E-state index in [0.717, 1.165) is 0 Å². The molecule has 0 unspecified atom stereocenters. The van der Waals surface area contributed by atoms with Crippen molar-refractivity contribution in [2.24, 2.45) is 0 Å². The maximum atomic E-state index is 9.31. The van der Waals surface area contributed by atoms with Gasteiger partial charge >= 0.3 is 29.6 Å². The molecule has 0 saturated carbocycles. The van der Waals surface area contributed by atoms with Crippen LogP contribution in [0.1, 0.15) is 1.43 Å². The van der Waals surface area contributed by atoms with Crippen molar-refractivity contribution < 1.29 is 54.5 Å². The van der Waals surface area contributed by atoms with Crippen LogP contribution in [0.15, 0.2) is 0 Å². The monoisotopic (exact) mass is 154 g/mol. The van der Waals surface area contributed by atoms with Gasteiger partial charge < -0.3 is 12.0 Å². The van der Waals surface area contributed by atoms with Crippen molar-refractivity contribution in [1.82, 2.24) is 0 Å². The molecule has 0 aromatic rings. The molecular weight excluding hydrogens is 147 g/mol. The predicted molar refractivity (Wildman–Crippen MR) is 23.4 cm³/mol. The molecule has 0 rings (SSSR count). The van der Waals surface area contributed by atoms with Crippen LogP contribution in [0.3, 0.4) is 0 Å². The SMILES string of the molecule is O.O=S(=O)(O)CO.[H-].[Na+]. The first-order valence-electron chi connectivity index (χ1n) is 1.12. The van der Waals surface area contributed by atoms with Gasteiger partial charge in [-0.05, 0) is 0 Å². The maximum Gasteiger partial charge on any atom is 1.00 e. The summed E-state index contributed by atoms with van der Waals surface area (Å²) in [6.07, 6.45) is 0. The zero-order valence-corrected chi connectivity index (χ0v) is 7.14. The van der Waals surface area contributed by atoms with Crippen molar-refractivity contribution in [1.29, 1.82) is 0 Å². The predicted octanol–water partition coefficient (Wildman–Crippen LogP) is -4.88. The van der Waals surface area contributed by atoms with E-state index in [1.807, 2.05) is 0 Å². The zero-order chi connectivity index (χ0) is 5.21. The number of hydrogen-bond donors (Lipinski definition) is 2. The third kappa shape index (κ3) is 15.8. The van der Waals surface area contributed by atoms with Gasteiger partial charge in [0.05, 0.1) is 0 Å². The molecule has 0 heterocycles. The van der Waals surface area contributed by atoms with Crippen LogP contribution in [0.25, 0.3) is 0 Å². The first-order valence-corrected chi connectivity index (χ1v) is 2.73. The van der Waals surface area contributed by atoms with Gasteiger partial charge in [-0.2, -0.15) is 8.42 Å². The van der Waals surface area contributed by atoms with Crippen molar-refractivity contribution in [3.63, 3.8) is 0 Å². The molecule has 7 heteroatoms. The second-order valence-electron chi connectivity index (χ2n) is 0.711. The molecular formula is CH7NaO5S. The largest absolute Gasteiger partial charge is 1.00 e. The molecule has 0 amide bonds. The van der Waals surface area contributed by atoms with E-state index < -0.39 is 16.1 Å². The summed E-state index contributed by atoms with van der Waals surface area (Å²) in [4.78, 5) is 0. The first-order chi connectivity index (χ1) is 2.56. The second kappa shape index (κ2) is 5.96. The normalized spacial score (nSPS) is 8.75. The van der Waals surface area contributed by atoms with Crippen LogP contribution in [0.4, 0.5) is 0 Å². The van der Waals surface area contributed by atoms with E-state index in [-0.39, 0.29) is 36.5 Å². The first kappa shape index (κ1) is 15.9. The number of hydrogen-bond acceptors (Lipinski definition) is 3. The fourth-order valence-corrected chi connectivity index (χ4v) is 0. The second-order valence-corrected chi connectivity index (χ2v) is 2.13. The fraction of sp³-hybridized carbons (Fsp3) is 1.00. The van der Waals surface area contributed by atoms with Crippen molar-refractivity contribution in [3.05, 3.63) is 0 Å². The summed E-state index contributed by atoms with van der Waals surface area (Å²) in [7, 11) is -4.11. The maximum absolute atomic E-state index is 9.31. The van der Waals surface area contributed by atoms with Crippen LogP contribution in [0.2, 0.25) is 0 Å². The Labute approximate surface area is 70.5 Å². The third-order valence-electron chi connectivity index (χ3n) is 0.163. The average Bonchev–Trinajstić information content (AvgIpc) is 1.35. The van der Waals surface area contributed by atoms with E-state index in [0.29, 0.717) is 0 Å². The van der Waals surface area contributed by atoms with Gasteiger partial charge in [-0.25, -0.2) is 0 Å². The molecule has 0 aliphatic carbocycles. The fourth-order valence-electron chi connectivity index (χ4n) is 0. The molecule has 48 valence electrons. The Kier molecular flexibility index (Phi) is 11.9. The van der Waals surface area contributed by atoms with E-state index in [1.54, 1.807) is 0 Å². The van der Waals surface area contributed by atoms with Gasteiger partial charge in [-0.1, -0.05) is 0 Å². The Morgan fingerprint density at radius 1 is 1.50 bits per heavy atom. The van der Waals surface area contributed by atoms with E-state index in [4.69, 9.17) is 9.66 Å². The Hall–Kier alpha value is 0.830. The minimum Gasteiger partial charge on any atom is -1.00 e. The quantitative estimate of drug-likeness (QED) is 0.291. The van der Waals surface area contributed by atoms with Gasteiger partial charge in [0.25, 0.3) is 10.1 Å². The molecule has 5 nitrogen and oxygen atoms in total. The molecule has 0 aliphatic rings. The smallest absolute Gasteiger partial charge is 1.00 e. The molecule has 0 radical (unpaired) electrons. The summed E-state index contributed by atoms with van der Waals surface area (Å²) in [5.74, 6) is -1.20. The van der Waals surface area contributed by atoms with Gasteiger partial charge in [0, 0.05) is 0 Å². The van der Waals surface area contributed by atoms with Gasteiger partial charge in [-0.3, -0.25) is 4.55 Å². The van der Waals surface area contributed by atoms with Crippen LogP contribution in [0, 0.1) is 0 Å². The summed E-state index contributed by atoms with van der Waals surface area (Å²) in [5.41, 5.74) is 0. The van der Waals surface area contributed by atoms with E-state index >= 15 is 0 Å². The topological polar surface area (TPSA) is 106 Å². The number of aliphatic hydroxyl groups excluding tert-OH is 1. The molecule has 0 spiro atoms. The van der Waals surface area contributed by atoms with Gasteiger partial charge in [0.2, 0.25) is 0 Å². The van der Waals surface area contributed by atoms with E-state index in [2.05, 4.69) is 0 Å². The van der Waals surface area contributed by atoms with Crippen LogP contribution in [-0.4, -0.2) is 29.5 Å². The zero-order valence-electron chi connectivity index (χ0n) is 5.33. The van der Waals surface area contributed by atoms with Crippen molar-refractivity contribution in [2.45, 2.75) is 0 Å². The van der Waals surface area contributed by atoms with E-state index in [9.17, 15) is 8.42 Å². The Bertz CT molecular complexity index is 119. The molecule has 0 aliphatic heterocycles. The molecule has 0 fully saturated rings. The minimum absolute atomic E-state index is 0. The Morgan fingerprint density at radius 2 is 1.62 bits per heavy atom. The summed E-state index contributed by atoms with van der Waals surface area (Å²) >= 11 is 0. The summed E-state index contributed by atoms with van der Waals surface area (Å²) in [6, 6.07) is 0. The number of aliphatic hydroxyl groups is 1. The summed E-state index contributed by atoms with van der Waals surface area (Å²) in [6.45, 7) is 0. The summed E-state index contributed by atoms with van der Waals surface area (Å²) in [5, 5.41) is 7.56. The van der Waals surface area contributed by atoms with Crippen molar-refractivity contribution in [2.75, 3.05) is 5.94 Å². The van der Waals surface area contributed by atoms with E-state index in [1.165, 1.54) is 0 Å². The van der Waals surface area contributed by atoms with Crippen LogP contribution in [0.5, 0.6) is 0 Å². The summed E-state index contributed by atoms with van der Waals surface area (Å²) < 4.78 is 26.2. The standard InChI is InChI=1S/CH4O4S.Na.H2O.H/c2-1-6(3,4)5;;;/h2H,1H2,(H,3,4,5);;1H2;/q;+1;;-1. The van der Waals surface area contributed by atoms with Crippen LogP contribution >= 0.6 is 0 Å². The molecule has 8 heavy (non-hydrogen) atoms. The molecule has 0 aromatic heterocycles. The average molecular weight is 154 g/mol. The van der Waals surface area contributed by atoms with Gasteiger partial charge in [-0.15, -0.1) is 0 Å². The Morgan fingerprint density at radius 3 is 1.62 bits per heavy atom. The van der Waals surface area contributed by atoms with Crippen molar-refractivity contribution >= 4 is 10.1 Å². The molecule has 4 N–H and O–H groups in total. The molecule has 0 aromatic carbocycles. The van der Waals surface area contributed by atoms with Gasteiger partial charge in [0.1, 0.15) is 0 Å².